The molecule has 0 radical (unpaired) electrons. The highest BCUT2D eigenvalue weighted by Gasteiger charge is 2.28. The Labute approximate surface area is 119 Å². The molecule has 0 saturated heterocycles. The summed E-state index contributed by atoms with van der Waals surface area (Å²) in [4.78, 5) is 24.8. The Morgan fingerprint density at radius 2 is 2.05 bits per heavy atom. The van der Waals surface area contributed by atoms with E-state index in [0.29, 0.717) is 6.54 Å². The molecular formula is C16H21NO3. The van der Waals surface area contributed by atoms with Crippen LogP contribution in [-0.4, -0.2) is 23.5 Å². The topological polar surface area (TPSA) is 57.6 Å². The first-order chi connectivity index (χ1) is 9.40. The van der Waals surface area contributed by atoms with Gasteiger partial charge in [-0.3, -0.25) is 9.59 Å². The molecule has 1 N–H and O–H groups in total. The SMILES string of the molecule is CC(=O)N1CCCC(CC(=O)O)c2c(C)cc(C)cc21. The minimum Gasteiger partial charge on any atom is -0.481 e. The smallest absolute Gasteiger partial charge is 0.303 e. The predicted molar refractivity (Wildman–Crippen MR) is 78.2 cm³/mol. The summed E-state index contributed by atoms with van der Waals surface area (Å²) in [5.74, 6) is -0.767. The van der Waals surface area contributed by atoms with Gasteiger partial charge in [-0.05, 0) is 55.4 Å². The Kier molecular flexibility index (Phi) is 4.12. The largest absolute Gasteiger partial charge is 0.481 e. The number of rotatable bonds is 2. The number of amides is 1. The predicted octanol–water partition coefficient (Wildman–Crippen LogP) is 3.01. The van der Waals surface area contributed by atoms with E-state index in [1.54, 1.807) is 11.8 Å². The second-order valence-electron chi connectivity index (χ2n) is 5.62. The summed E-state index contributed by atoms with van der Waals surface area (Å²) < 4.78 is 0. The zero-order chi connectivity index (χ0) is 14.9. The van der Waals surface area contributed by atoms with Gasteiger partial charge in [0, 0.05) is 19.2 Å². The summed E-state index contributed by atoms with van der Waals surface area (Å²) in [7, 11) is 0. The molecule has 4 nitrogen and oxygen atoms in total. The molecule has 2 rings (SSSR count). The molecule has 1 aliphatic heterocycles. The number of carboxylic acids is 1. The molecule has 1 unspecified atom stereocenters. The van der Waals surface area contributed by atoms with Crippen molar-refractivity contribution in [3.63, 3.8) is 0 Å². The summed E-state index contributed by atoms with van der Waals surface area (Å²) >= 11 is 0. The lowest BCUT2D eigenvalue weighted by Gasteiger charge is -2.25. The molecule has 0 aliphatic carbocycles. The Bertz CT molecular complexity index is 551. The standard InChI is InChI=1S/C16H21NO3/c1-10-7-11(2)16-13(9-15(19)20)5-4-6-17(12(3)18)14(16)8-10/h7-8,13H,4-6,9H2,1-3H3,(H,19,20). The maximum atomic E-state index is 11.9. The molecule has 0 spiro atoms. The van der Waals surface area contributed by atoms with Crippen LogP contribution >= 0.6 is 0 Å². The third kappa shape index (κ3) is 2.84. The van der Waals surface area contributed by atoms with E-state index in [4.69, 9.17) is 5.11 Å². The number of carbonyl (C=O) groups is 2. The number of fused-ring (bicyclic) bond motifs is 1. The van der Waals surface area contributed by atoms with E-state index in [0.717, 1.165) is 35.2 Å². The number of hydrogen-bond acceptors (Lipinski definition) is 2. The van der Waals surface area contributed by atoms with Gasteiger partial charge >= 0.3 is 5.97 Å². The fraction of sp³-hybridized carbons (Fsp3) is 0.500. The summed E-state index contributed by atoms with van der Waals surface area (Å²) in [5.41, 5.74) is 4.12. The van der Waals surface area contributed by atoms with Crippen molar-refractivity contribution in [2.75, 3.05) is 11.4 Å². The molecule has 108 valence electrons. The quantitative estimate of drug-likeness (QED) is 0.902. The normalized spacial score (nSPS) is 18.4. The van der Waals surface area contributed by atoms with Gasteiger partial charge in [-0.25, -0.2) is 0 Å². The van der Waals surface area contributed by atoms with Crippen molar-refractivity contribution in [2.45, 2.75) is 46.0 Å². The minimum absolute atomic E-state index is 0.00699. The summed E-state index contributed by atoms with van der Waals surface area (Å²) in [6, 6.07) is 4.07. The Morgan fingerprint density at radius 3 is 2.65 bits per heavy atom. The summed E-state index contributed by atoms with van der Waals surface area (Å²) in [6.07, 6.45) is 1.78. The van der Waals surface area contributed by atoms with Gasteiger partial charge in [0.25, 0.3) is 0 Å². The first-order valence-electron chi connectivity index (χ1n) is 7.01. The van der Waals surface area contributed by atoms with E-state index in [1.165, 1.54) is 0 Å². The average molecular weight is 275 g/mol. The molecule has 4 heteroatoms. The van der Waals surface area contributed by atoms with E-state index in [-0.39, 0.29) is 18.2 Å². The van der Waals surface area contributed by atoms with Crippen molar-refractivity contribution in [3.05, 3.63) is 28.8 Å². The zero-order valence-electron chi connectivity index (χ0n) is 12.3. The molecule has 1 aromatic carbocycles. The highest BCUT2D eigenvalue weighted by Crippen LogP contribution is 2.39. The first kappa shape index (κ1) is 14.6. The van der Waals surface area contributed by atoms with Crippen molar-refractivity contribution in [1.82, 2.24) is 0 Å². The van der Waals surface area contributed by atoms with E-state index in [1.807, 2.05) is 19.9 Å². The van der Waals surface area contributed by atoms with Crippen LogP contribution in [-0.2, 0) is 9.59 Å². The van der Waals surface area contributed by atoms with Crippen molar-refractivity contribution in [3.8, 4) is 0 Å². The summed E-state index contributed by atoms with van der Waals surface area (Å²) in [5, 5.41) is 9.12. The molecule has 20 heavy (non-hydrogen) atoms. The molecule has 1 aliphatic rings. The lowest BCUT2D eigenvalue weighted by Crippen LogP contribution is -2.29. The van der Waals surface area contributed by atoms with Gasteiger partial charge in [0.1, 0.15) is 0 Å². The number of carbonyl (C=O) groups excluding carboxylic acids is 1. The molecule has 0 aromatic heterocycles. The number of hydrogen-bond donors (Lipinski definition) is 1. The fourth-order valence-corrected chi connectivity index (χ4v) is 3.21. The van der Waals surface area contributed by atoms with Crippen molar-refractivity contribution in [2.24, 2.45) is 0 Å². The maximum absolute atomic E-state index is 11.9. The van der Waals surface area contributed by atoms with Crippen LogP contribution < -0.4 is 4.90 Å². The highest BCUT2D eigenvalue weighted by atomic mass is 16.4. The lowest BCUT2D eigenvalue weighted by atomic mass is 9.87. The Balaban J connectivity index is 2.57. The first-order valence-corrected chi connectivity index (χ1v) is 7.01. The van der Waals surface area contributed by atoms with Crippen molar-refractivity contribution >= 4 is 17.6 Å². The second-order valence-corrected chi connectivity index (χ2v) is 5.62. The highest BCUT2D eigenvalue weighted by molar-refractivity contribution is 5.93. The number of aliphatic carboxylic acids is 1. The molecular weight excluding hydrogens is 254 g/mol. The van der Waals surface area contributed by atoms with Gasteiger partial charge in [-0.15, -0.1) is 0 Å². The van der Waals surface area contributed by atoms with Crippen molar-refractivity contribution in [1.29, 1.82) is 0 Å². The fourth-order valence-electron chi connectivity index (χ4n) is 3.21. The number of benzene rings is 1. The minimum atomic E-state index is -0.780. The van der Waals surface area contributed by atoms with E-state index in [2.05, 4.69) is 6.07 Å². The van der Waals surface area contributed by atoms with Crippen LogP contribution in [0.1, 0.15) is 48.8 Å². The molecule has 0 saturated carbocycles. The third-order valence-corrected chi connectivity index (χ3v) is 3.94. The van der Waals surface area contributed by atoms with Gasteiger partial charge < -0.3 is 10.0 Å². The number of anilines is 1. The molecule has 1 amide bonds. The Hall–Kier alpha value is -1.84. The van der Waals surface area contributed by atoms with E-state index < -0.39 is 5.97 Å². The van der Waals surface area contributed by atoms with E-state index in [9.17, 15) is 9.59 Å². The van der Waals surface area contributed by atoms with Gasteiger partial charge in [0.05, 0.1) is 6.42 Å². The van der Waals surface area contributed by atoms with Crippen LogP contribution in [0.4, 0.5) is 5.69 Å². The van der Waals surface area contributed by atoms with Crippen LogP contribution in [0.15, 0.2) is 12.1 Å². The molecule has 1 heterocycles. The number of carboxylic acid groups (broad SMARTS) is 1. The monoisotopic (exact) mass is 275 g/mol. The van der Waals surface area contributed by atoms with Gasteiger partial charge in [0.15, 0.2) is 0 Å². The lowest BCUT2D eigenvalue weighted by molar-refractivity contribution is -0.137. The van der Waals surface area contributed by atoms with Crippen LogP contribution in [0.2, 0.25) is 0 Å². The molecule has 0 fully saturated rings. The van der Waals surface area contributed by atoms with Gasteiger partial charge in [0.2, 0.25) is 5.91 Å². The van der Waals surface area contributed by atoms with E-state index >= 15 is 0 Å². The zero-order valence-corrected chi connectivity index (χ0v) is 12.3. The number of nitrogens with zero attached hydrogens (tertiary/aromatic N) is 1. The van der Waals surface area contributed by atoms with Gasteiger partial charge in [-0.1, -0.05) is 6.07 Å². The van der Waals surface area contributed by atoms with Crippen LogP contribution in [0.3, 0.4) is 0 Å². The van der Waals surface area contributed by atoms with Gasteiger partial charge in [-0.2, -0.15) is 0 Å². The molecule has 1 atom stereocenters. The maximum Gasteiger partial charge on any atom is 0.303 e. The second kappa shape index (κ2) is 5.65. The van der Waals surface area contributed by atoms with Crippen molar-refractivity contribution < 1.29 is 14.7 Å². The summed E-state index contributed by atoms with van der Waals surface area (Å²) in [6.45, 7) is 6.24. The molecule has 1 aromatic rings. The van der Waals surface area contributed by atoms with Crippen LogP contribution in [0.5, 0.6) is 0 Å². The van der Waals surface area contributed by atoms with Crippen LogP contribution in [0.25, 0.3) is 0 Å². The third-order valence-electron chi connectivity index (χ3n) is 3.94. The average Bonchev–Trinajstić information content (AvgIpc) is 2.48. The number of aryl methyl sites for hydroxylation is 2. The molecule has 0 bridgehead atoms. The Morgan fingerprint density at radius 1 is 1.35 bits per heavy atom. The van der Waals surface area contributed by atoms with Crippen LogP contribution in [0, 0.1) is 13.8 Å².